The Balaban J connectivity index is 2.45. The molecule has 0 saturated heterocycles. The topological polar surface area (TPSA) is 30.2 Å². The van der Waals surface area contributed by atoms with Crippen LogP contribution in [0, 0.1) is 13.8 Å². The first-order valence-electron chi connectivity index (χ1n) is 5.21. The minimum atomic E-state index is 0.753. The van der Waals surface area contributed by atoms with Crippen LogP contribution < -0.4 is 0 Å². The standard InChI is InChI=1S/C11H12ClN3/c1-6-7(2)14-15-10(12)8-4-3-5-9(8)13-11(6)15/h3-5H2,1-2H3. The molecule has 15 heavy (non-hydrogen) atoms. The first kappa shape index (κ1) is 9.16. The fourth-order valence-corrected chi connectivity index (χ4v) is 2.51. The summed E-state index contributed by atoms with van der Waals surface area (Å²) in [7, 11) is 0. The Bertz CT molecular complexity index is 557. The summed E-state index contributed by atoms with van der Waals surface area (Å²) >= 11 is 6.33. The number of halogens is 1. The highest BCUT2D eigenvalue weighted by Gasteiger charge is 2.20. The highest BCUT2D eigenvalue weighted by molar-refractivity contribution is 6.30. The lowest BCUT2D eigenvalue weighted by Gasteiger charge is -2.03. The molecular formula is C11H12ClN3. The SMILES string of the molecule is Cc1nn2c(Cl)c3c(nc2c1C)CCC3. The van der Waals surface area contributed by atoms with E-state index in [9.17, 15) is 0 Å². The number of rotatable bonds is 0. The second-order valence-corrected chi connectivity index (χ2v) is 4.49. The third kappa shape index (κ3) is 1.13. The third-order valence-corrected chi connectivity index (χ3v) is 3.58. The van der Waals surface area contributed by atoms with Crippen molar-refractivity contribution in [2.45, 2.75) is 33.1 Å². The van der Waals surface area contributed by atoms with Gasteiger partial charge in [0.1, 0.15) is 5.15 Å². The molecule has 1 aliphatic rings. The van der Waals surface area contributed by atoms with E-state index in [1.807, 2.05) is 13.8 Å². The Kier molecular flexibility index (Phi) is 1.80. The van der Waals surface area contributed by atoms with E-state index in [0.29, 0.717) is 0 Å². The van der Waals surface area contributed by atoms with Crippen molar-refractivity contribution in [3.63, 3.8) is 0 Å². The highest BCUT2D eigenvalue weighted by atomic mass is 35.5. The number of hydrogen-bond acceptors (Lipinski definition) is 2. The van der Waals surface area contributed by atoms with Crippen LogP contribution in [0.3, 0.4) is 0 Å². The van der Waals surface area contributed by atoms with Crippen LogP contribution in [0.5, 0.6) is 0 Å². The molecule has 4 heteroatoms. The predicted octanol–water partition coefficient (Wildman–Crippen LogP) is 2.49. The second kappa shape index (κ2) is 2.95. The average molecular weight is 222 g/mol. The molecule has 0 aromatic carbocycles. The summed E-state index contributed by atoms with van der Waals surface area (Å²) < 4.78 is 1.77. The van der Waals surface area contributed by atoms with Crippen LogP contribution >= 0.6 is 11.6 Å². The van der Waals surface area contributed by atoms with Crippen molar-refractivity contribution in [3.05, 3.63) is 27.7 Å². The maximum Gasteiger partial charge on any atom is 0.160 e. The van der Waals surface area contributed by atoms with E-state index in [4.69, 9.17) is 11.6 Å². The number of fused-ring (bicyclic) bond motifs is 2. The smallest absolute Gasteiger partial charge is 0.160 e. The van der Waals surface area contributed by atoms with Crippen LogP contribution in [0.2, 0.25) is 5.15 Å². The minimum Gasteiger partial charge on any atom is -0.233 e. The maximum atomic E-state index is 6.33. The second-order valence-electron chi connectivity index (χ2n) is 4.13. The van der Waals surface area contributed by atoms with Crippen LogP contribution in [0.1, 0.15) is 28.9 Å². The fourth-order valence-electron chi connectivity index (χ4n) is 2.19. The molecule has 1 aliphatic carbocycles. The van der Waals surface area contributed by atoms with Crippen LogP contribution in [-0.4, -0.2) is 14.6 Å². The predicted molar refractivity (Wildman–Crippen MR) is 59.5 cm³/mol. The van der Waals surface area contributed by atoms with E-state index < -0.39 is 0 Å². The highest BCUT2D eigenvalue weighted by Crippen LogP contribution is 2.29. The van der Waals surface area contributed by atoms with Gasteiger partial charge in [-0.15, -0.1) is 0 Å². The number of aryl methyl sites for hydroxylation is 3. The Morgan fingerprint density at radius 1 is 1.27 bits per heavy atom. The van der Waals surface area contributed by atoms with Gasteiger partial charge in [-0.1, -0.05) is 11.6 Å². The van der Waals surface area contributed by atoms with Crippen molar-refractivity contribution < 1.29 is 0 Å². The molecule has 3 nitrogen and oxygen atoms in total. The Morgan fingerprint density at radius 3 is 2.87 bits per heavy atom. The molecule has 3 rings (SSSR count). The van der Waals surface area contributed by atoms with Gasteiger partial charge in [0.05, 0.1) is 5.69 Å². The van der Waals surface area contributed by atoms with Crippen molar-refractivity contribution in [2.24, 2.45) is 0 Å². The van der Waals surface area contributed by atoms with Gasteiger partial charge in [0.25, 0.3) is 0 Å². The van der Waals surface area contributed by atoms with Gasteiger partial charge in [-0.05, 0) is 33.1 Å². The molecule has 2 heterocycles. The lowest BCUT2D eigenvalue weighted by atomic mass is 10.2. The molecule has 0 unspecified atom stereocenters. The van der Waals surface area contributed by atoms with E-state index in [2.05, 4.69) is 10.1 Å². The lowest BCUT2D eigenvalue weighted by Crippen LogP contribution is -1.99. The molecule has 0 bridgehead atoms. The zero-order valence-electron chi connectivity index (χ0n) is 8.84. The quantitative estimate of drug-likeness (QED) is 0.640. The zero-order chi connectivity index (χ0) is 10.6. The zero-order valence-corrected chi connectivity index (χ0v) is 9.60. The molecule has 0 radical (unpaired) electrons. The summed E-state index contributed by atoms with van der Waals surface area (Å²) in [6.45, 7) is 4.04. The maximum absolute atomic E-state index is 6.33. The Morgan fingerprint density at radius 2 is 2.07 bits per heavy atom. The molecule has 0 saturated carbocycles. The van der Waals surface area contributed by atoms with E-state index >= 15 is 0 Å². The fraction of sp³-hybridized carbons (Fsp3) is 0.455. The molecule has 0 fully saturated rings. The van der Waals surface area contributed by atoms with Crippen molar-refractivity contribution in [3.8, 4) is 0 Å². The average Bonchev–Trinajstić information content (AvgIpc) is 2.77. The molecule has 0 spiro atoms. The summed E-state index contributed by atoms with van der Waals surface area (Å²) in [5.74, 6) is 0. The van der Waals surface area contributed by atoms with Crippen molar-refractivity contribution in [2.75, 3.05) is 0 Å². The van der Waals surface area contributed by atoms with Gasteiger partial charge in [0.2, 0.25) is 0 Å². The van der Waals surface area contributed by atoms with E-state index in [1.165, 1.54) is 5.56 Å². The largest absolute Gasteiger partial charge is 0.233 e. The van der Waals surface area contributed by atoms with Crippen LogP contribution in [0.25, 0.3) is 5.65 Å². The van der Waals surface area contributed by atoms with Gasteiger partial charge >= 0.3 is 0 Å². The number of nitrogens with zero attached hydrogens (tertiary/aromatic N) is 3. The van der Waals surface area contributed by atoms with Crippen molar-refractivity contribution in [1.29, 1.82) is 0 Å². The molecule has 0 aliphatic heterocycles. The number of aromatic nitrogens is 3. The normalized spacial score (nSPS) is 14.9. The summed E-state index contributed by atoms with van der Waals surface area (Å²) in [6.07, 6.45) is 3.25. The Hall–Kier alpha value is -1.09. The lowest BCUT2D eigenvalue weighted by molar-refractivity contribution is 0.895. The summed E-state index contributed by atoms with van der Waals surface area (Å²) in [4.78, 5) is 4.65. The van der Waals surface area contributed by atoms with Gasteiger partial charge in [-0.25, -0.2) is 9.50 Å². The molecule has 0 N–H and O–H groups in total. The van der Waals surface area contributed by atoms with Gasteiger partial charge in [0, 0.05) is 16.8 Å². The summed E-state index contributed by atoms with van der Waals surface area (Å²) in [5, 5.41) is 5.17. The van der Waals surface area contributed by atoms with E-state index in [0.717, 1.165) is 47.0 Å². The molecule has 2 aromatic rings. The van der Waals surface area contributed by atoms with E-state index in [-0.39, 0.29) is 0 Å². The van der Waals surface area contributed by atoms with E-state index in [1.54, 1.807) is 4.52 Å². The molecule has 78 valence electrons. The Labute approximate surface area is 93.1 Å². The van der Waals surface area contributed by atoms with Crippen molar-refractivity contribution in [1.82, 2.24) is 14.6 Å². The van der Waals surface area contributed by atoms with Gasteiger partial charge in [-0.3, -0.25) is 0 Å². The van der Waals surface area contributed by atoms with Gasteiger partial charge in [-0.2, -0.15) is 5.10 Å². The van der Waals surface area contributed by atoms with Crippen LogP contribution in [0.4, 0.5) is 0 Å². The van der Waals surface area contributed by atoms with Crippen LogP contribution in [-0.2, 0) is 12.8 Å². The first-order valence-corrected chi connectivity index (χ1v) is 5.59. The van der Waals surface area contributed by atoms with Crippen molar-refractivity contribution >= 4 is 17.2 Å². The number of hydrogen-bond donors (Lipinski definition) is 0. The summed E-state index contributed by atoms with van der Waals surface area (Å²) in [5.41, 5.74) is 5.40. The van der Waals surface area contributed by atoms with Crippen LogP contribution in [0.15, 0.2) is 0 Å². The summed E-state index contributed by atoms with van der Waals surface area (Å²) in [6, 6.07) is 0. The molecule has 0 atom stereocenters. The first-order chi connectivity index (χ1) is 7.18. The molecule has 2 aromatic heterocycles. The molecular weight excluding hydrogens is 210 g/mol. The van der Waals surface area contributed by atoms with Gasteiger partial charge in [0.15, 0.2) is 5.65 Å². The molecule has 0 amide bonds. The van der Waals surface area contributed by atoms with Gasteiger partial charge < -0.3 is 0 Å². The monoisotopic (exact) mass is 221 g/mol. The minimum absolute atomic E-state index is 0.753. The third-order valence-electron chi connectivity index (χ3n) is 3.19.